The highest BCUT2D eigenvalue weighted by atomic mass is 79.9. The summed E-state index contributed by atoms with van der Waals surface area (Å²) in [6.07, 6.45) is 3.14. The van der Waals surface area contributed by atoms with Crippen molar-refractivity contribution in [3.8, 4) is 0 Å². The molecule has 0 spiro atoms. The predicted molar refractivity (Wildman–Crippen MR) is 245 cm³/mol. The Kier molecular flexibility index (Phi) is 14.9. The molecule has 2 atom stereocenters. The number of carbonyl (C=O) groups is 5. The molecule has 0 bridgehead atoms. The average Bonchev–Trinajstić information content (AvgIpc) is 3.67. The number of hydrogen-bond acceptors (Lipinski definition) is 13. The maximum absolute atomic E-state index is 13.6. The first-order chi connectivity index (χ1) is 31.3. The smallest absolute Gasteiger partial charge is 0.422 e. The average molecular weight is 1010 g/mol. The summed E-state index contributed by atoms with van der Waals surface area (Å²) in [7, 11) is -4.45. The van der Waals surface area contributed by atoms with Crippen molar-refractivity contribution in [1.82, 2.24) is 44.1 Å². The van der Waals surface area contributed by atoms with Crippen LogP contribution in [0.15, 0.2) is 64.4 Å². The van der Waals surface area contributed by atoms with Crippen molar-refractivity contribution in [1.29, 1.82) is 0 Å². The summed E-state index contributed by atoms with van der Waals surface area (Å²) in [6, 6.07) is 9.33. The zero-order chi connectivity index (χ0) is 47.3. The molecule has 2 aromatic heterocycles. The summed E-state index contributed by atoms with van der Waals surface area (Å²) in [5.41, 5.74) is 1.27. The van der Waals surface area contributed by atoms with E-state index in [1.807, 2.05) is 29.0 Å². The molecule has 2 fully saturated rings. The molecule has 0 radical (unpaired) electrons. The van der Waals surface area contributed by atoms with Crippen LogP contribution >= 0.6 is 27.5 Å². The van der Waals surface area contributed by atoms with E-state index in [2.05, 4.69) is 46.2 Å². The number of fused-ring (bicyclic) bond motifs is 2. The van der Waals surface area contributed by atoms with Crippen LogP contribution in [0.4, 0.5) is 20.2 Å². The third-order valence-electron chi connectivity index (χ3n) is 11.5. The lowest BCUT2D eigenvalue weighted by atomic mass is 9.94. The zero-order valence-corrected chi connectivity index (χ0v) is 39.6. The minimum Gasteiger partial charge on any atom is -0.444 e. The van der Waals surface area contributed by atoms with Crippen LogP contribution in [0, 0.1) is 5.92 Å². The van der Waals surface area contributed by atoms with Crippen LogP contribution in [0.2, 0.25) is 5.02 Å². The number of hydrogen-bond donors (Lipinski definition) is 4. The number of halogens is 2. The molecule has 0 unspecified atom stereocenters. The van der Waals surface area contributed by atoms with E-state index in [9.17, 15) is 37.2 Å². The molecule has 2 aromatic carbocycles. The van der Waals surface area contributed by atoms with Crippen molar-refractivity contribution in [2.45, 2.75) is 96.1 Å². The number of ketones is 1. The second-order valence-electron chi connectivity index (χ2n) is 17.4. The molecule has 4 heterocycles. The Balaban J connectivity index is 0.906. The number of nitrogens with zero attached hydrogens (tertiary/aromatic N) is 6. The molecule has 4 aromatic rings. The minimum atomic E-state index is -4.45. The maximum Gasteiger partial charge on any atom is 0.422 e. The van der Waals surface area contributed by atoms with Crippen molar-refractivity contribution in [3.05, 3.63) is 91.8 Å². The van der Waals surface area contributed by atoms with Gasteiger partial charge in [-0.25, -0.2) is 34.1 Å². The Hall–Kier alpha value is -5.71. The van der Waals surface area contributed by atoms with Gasteiger partial charge in [-0.1, -0.05) is 35.9 Å². The van der Waals surface area contributed by atoms with Crippen LogP contribution in [0.3, 0.4) is 0 Å². The molecule has 2 saturated heterocycles. The van der Waals surface area contributed by atoms with Gasteiger partial charge in [0.15, 0.2) is 17.3 Å². The van der Waals surface area contributed by atoms with Gasteiger partial charge in [0.05, 0.1) is 34.8 Å². The Bertz CT molecular complexity index is 2670. The van der Waals surface area contributed by atoms with E-state index in [1.54, 1.807) is 26.8 Å². The van der Waals surface area contributed by atoms with E-state index in [-0.39, 0.29) is 72.9 Å². The van der Waals surface area contributed by atoms with Crippen LogP contribution in [-0.4, -0.2) is 118 Å². The van der Waals surface area contributed by atoms with Crippen LogP contribution in [0.5, 0.6) is 0 Å². The number of amides is 5. The second-order valence-corrected chi connectivity index (χ2v) is 20.2. The van der Waals surface area contributed by atoms with Crippen LogP contribution in [-0.2, 0) is 43.9 Å². The Labute approximate surface area is 393 Å². The van der Waals surface area contributed by atoms with Gasteiger partial charge in [0, 0.05) is 55.5 Å². The summed E-state index contributed by atoms with van der Waals surface area (Å²) >= 11 is 9.51. The van der Waals surface area contributed by atoms with Crippen LogP contribution < -0.4 is 25.6 Å². The highest BCUT2D eigenvalue weighted by molar-refractivity contribution is 9.10. The summed E-state index contributed by atoms with van der Waals surface area (Å²) in [6.45, 7) is 5.24. The molecule has 1 aliphatic carbocycles. The molecule has 0 saturated carbocycles. The first-order valence-electron chi connectivity index (χ1n) is 21.4. The fourth-order valence-corrected chi connectivity index (χ4v) is 9.56. The van der Waals surface area contributed by atoms with Gasteiger partial charge in [-0.3, -0.25) is 24.3 Å². The zero-order valence-electron chi connectivity index (χ0n) is 36.4. The SMILES string of the molecule is CC(C)(C)OC(=O)N1CCC[C@H](OC(=O)NS(=O)(=O)NCC2CCN(C(=O)Nc3nccnc3C(=O)NC3Cc4ccccc4C3)CC2)[C@H]1CC(=O)Cn1cnc2cc(Br)c(Cl)cc2c1=O. The monoisotopic (exact) mass is 1010 g/mol. The highest BCUT2D eigenvalue weighted by Crippen LogP contribution is 2.28. The summed E-state index contributed by atoms with van der Waals surface area (Å²) in [5.74, 6) is -1.14. The third kappa shape index (κ3) is 12.2. The molecule has 20 nitrogen and oxygen atoms in total. The lowest BCUT2D eigenvalue weighted by molar-refractivity contribution is -0.122. The van der Waals surface area contributed by atoms with E-state index in [1.165, 1.54) is 45.7 Å². The Morgan fingerprint density at radius 1 is 0.955 bits per heavy atom. The van der Waals surface area contributed by atoms with Gasteiger partial charge in [0.2, 0.25) is 0 Å². The summed E-state index contributed by atoms with van der Waals surface area (Å²) in [5, 5.41) is 6.16. The largest absolute Gasteiger partial charge is 0.444 e. The van der Waals surface area contributed by atoms with Gasteiger partial charge in [-0.05, 0) is 104 Å². The number of piperidine rings is 2. The van der Waals surface area contributed by atoms with Gasteiger partial charge < -0.3 is 24.6 Å². The number of rotatable bonds is 12. The molecule has 23 heteroatoms. The van der Waals surface area contributed by atoms with Crippen molar-refractivity contribution in [2.24, 2.45) is 5.92 Å². The summed E-state index contributed by atoms with van der Waals surface area (Å²) in [4.78, 5) is 95.4. The third-order valence-corrected chi connectivity index (χ3v) is 13.6. The number of aromatic nitrogens is 4. The van der Waals surface area contributed by atoms with Gasteiger partial charge >= 0.3 is 28.4 Å². The number of Topliss-reactive ketones (excluding diaryl/α,β-unsaturated/α-hetero) is 1. The Morgan fingerprint density at radius 3 is 2.35 bits per heavy atom. The topological polar surface area (TPSA) is 253 Å². The van der Waals surface area contributed by atoms with Gasteiger partial charge in [-0.15, -0.1) is 0 Å². The molecule has 3 aliphatic rings. The van der Waals surface area contributed by atoms with Gasteiger partial charge in [0.1, 0.15) is 11.7 Å². The summed E-state index contributed by atoms with van der Waals surface area (Å²) < 4.78 is 43.2. The Morgan fingerprint density at radius 2 is 1.65 bits per heavy atom. The number of likely N-dealkylation sites (tertiary alicyclic amines) is 2. The molecule has 7 rings (SSSR count). The normalized spacial score (nSPS) is 18.1. The number of anilines is 1. The van der Waals surface area contributed by atoms with Crippen molar-refractivity contribution >= 4 is 84.4 Å². The van der Waals surface area contributed by atoms with E-state index in [4.69, 9.17) is 21.1 Å². The number of nitrogens with one attached hydrogen (secondary N) is 4. The lowest BCUT2D eigenvalue weighted by Crippen LogP contribution is -2.55. The van der Waals surface area contributed by atoms with Crippen molar-refractivity contribution in [3.63, 3.8) is 0 Å². The molecular formula is C43H50BrClN10O10S. The number of ether oxygens (including phenoxy) is 2. The first-order valence-corrected chi connectivity index (χ1v) is 24.1. The molecular weight excluding hydrogens is 964 g/mol. The first kappa shape index (κ1) is 48.2. The molecule has 66 heavy (non-hydrogen) atoms. The number of benzene rings is 2. The molecule has 5 amide bonds. The predicted octanol–water partition coefficient (Wildman–Crippen LogP) is 4.73. The van der Waals surface area contributed by atoms with E-state index >= 15 is 0 Å². The fraction of sp³-hybridized carbons (Fsp3) is 0.465. The molecule has 2 aliphatic heterocycles. The number of carbonyl (C=O) groups excluding carboxylic acids is 5. The minimum absolute atomic E-state index is 0.0157. The van der Waals surface area contributed by atoms with E-state index in [0.717, 1.165) is 4.57 Å². The quantitative estimate of drug-likeness (QED) is 0.150. The van der Waals surface area contributed by atoms with E-state index < -0.39 is 70.0 Å². The highest BCUT2D eigenvalue weighted by Gasteiger charge is 2.40. The van der Waals surface area contributed by atoms with Crippen LogP contribution in [0.1, 0.15) is 74.5 Å². The van der Waals surface area contributed by atoms with E-state index in [0.29, 0.717) is 42.1 Å². The van der Waals surface area contributed by atoms with Crippen molar-refractivity contribution in [2.75, 3.05) is 31.5 Å². The van der Waals surface area contributed by atoms with Gasteiger partial charge in [0.25, 0.3) is 11.5 Å². The molecule has 352 valence electrons. The van der Waals surface area contributed by atoms with Gasteiger partial charge in [-0.2, -0.15) is 13.1 Å². The van der Waals surface area contributed by atoms with Crippen molar-refractivity contribution < 1.29 is 41.9 Å². The molecule has 4 N–H and O–H groups in total. The lowest BCUT2D eigenvalue weighted by Gasteiger charge is -2.40. The number of urea groups is 1. The second kappa shape index (κ2) is 20.4. The van der Waals surface area contributed by atoms with Crippen LogP contribution in [0.25, 0.3) is 10.9 Å². The fourth-order valence-electron chi connectivity index (χ4n) is 8.27. The maximum atomic E-state index is 13.6. The standard InChI is InChI=1S/C43H50BrClN10O10S/c1-43(2,3)65-42(61)55-14-6-9-35(34(55)19-29(56)23-54-24-48-33-21-31(44)32(45)20-30(33)39(54)58)64-41(60)52-66(62,63)49-22-25-10-15-53(16-11-25)40(59)51-37-36(46-12-13-47-37)38(57)50-28-17-26-7-4-5-8-27(26)18-28/h4-5,7-8,12-13,20-21,24-25,28,34-35,49H,6,9-11,14-19,22-23H2,1-3H3,(H,50,57)(H,52,60)(H,47,51,59)/t34-,35+/m1/s1.